The third-order valence-corrected chi connectivity index (χ3v) is 4.85. The fourth-order valence-electron chi connectivity index (χ4n) is 3.32. The zero-order valence-corrected chi connectivity index (χ0v) is 15.9. The van der Waals surface area contributed by atoms with Gasteiger partial charge in [0.1, 0.15) is 5.75 Å². The van der Waals surface area contributed by atoms with E-state index in [1.807, 2.05) is 42.5 Å². The molecule has 0 saturated carbocycles. The number of methoxy groups -OCH3 is 1. The second-order valence-electron chi connectivity index (χ2n) is 6.59. The van der Waals surface area contributed by atoms with Gasteiger partial charge in [-0.1, -0.05) is 24.3 Å². The van der Waals surface area contributed by atoms with E-state index < -0.39 is 0 Å². The number of para-hydroxylation sites is 1. The van der Waals surface area contributed by atoms with Gasteiger partial charge >= 0.3 is 0 Å². The number of hydrogen-bond acceptors (Lipinski definition) is 4. The van der Waals surface area contributed by atoms with Gasteiger partial charge < -0.3 is 14.5 Å². The minimum atomic E-state index is 0.110. The average molecular weight is 365 g/mol. The minimum Gasteiger partial charge on any atom is -0.497 e. The van der Waals surface area contributed by atoms with Crippen molar-refractivity contribution in [2.45, 2.75) is 0 Å². The molecule has 2 aromatic rings. The Morgan fingerprint density at radius 1 is 1.07 bits per heavy atom. The predicted octanol–water partition coefficient (Wildman–Crippen LogP) is 3.04. The van der Waals surface area contributed by atoms with Crippen LogP contribution in [0, 0.1) is 0 Å². The summed E-state index contributed by atoms with van der Waals surface area (Å²) in [4.78, 5) is 19.2. The summed E-state index contributed by atoms with van der Waals surface area (Å²) in [6.45, 7) is 8.30. The predicted molar refractivity (Wildman–Crippen MR) is 111 cm³/mol. The number of carbonyl (C=O) groups is 1. The van der Waals surface area contributed by atoms with Gasteiger partial charge in [0.2, 0.25) is 5.91 Å². The van der Waals surface area contributed by atoms with Crippen molar-refractivity contribution in [3.63, 3.8) is 0 Å². The van der Waals surface area contributed by atoms with E-state index in [4.69, 9.17) is 4.74 Å². The van der Waals surface area contributed by atoms with Crippen LogP contribution in [0.4, 0.5) is 11.4 Å². The van der Waals surface area contributed by atoms with Crippen molar-refractivity contribution in [1.29, 1.82) is 0 Å². The Hall–Kier alpha value is -2.79. The summed E-state index contributed by atoms with van der Waals surface area (Å²) < 4.78 is 5.22. The molecule has 0 atom stereocenters. The molecule has 3 rings (SSSR count). The van der Waals surface area contributed by atoms with E-state index in [-0.39, 0.29) is 5.91 Å². The van der Waals surface area contributed by atoms with Crippen LogP contribution in [0.5, 0.6) is 5.75 Å². The number of hydrogen-bond donors (Lipinski definition) is 0. The molecule has 0 unspecified atom stereocenters. The van der Waals surface area contributed by atoms with Crippen LogP contribution in [-0.2, 0) is 4.79 Å². The second-order valence-corrected chi connectivity index (χ2v) is 6.59. The average Bonchev–Trinajstić information content (AvgIpc) is 2.73. The molecule has 0 spiro atoms. The van der Waals surface area contributed by atoms with Crippen LogP contribution in [0.25, 0.3) is 0 Å². The maximum absolute atomic E-state index is 12.8. The normalized spacial score (nSPS) is 14.6. The van der Waals surface area contributed by atoms with Crippen molar-refractivity contribution < 1.29 is 9.53 Å². The Kier molecular flexibility index (Phi) is 6.49. The summed E-state index contributed by atoms with van der Waals surface area (Å²) in [7, 11) is 1.68. The summed E-state index contributed by atoms with van der Waals surface area (Å²) in [5, 5.41) is 0. The van der Waals surface area contributed by atoms with Crippen molar-refractivity contribution in [3.05, 3.63) is 67.3 Å². The molecule has 0 aliphatic carbocycles. The number of amides is 1. The monoisotopic (exact) mass is 365 g/mol. The van der Waals surface area contributed by atoms with Crippen molar-refractivity contribution in [1.82, 2.24) is 4.90 Å². The molecule has 5 nitrogen and oxygen atoms in total. The molecule has 0 bridgehead atoms. The molecule has 1 aliphatic rings. The van der Waals surface area contributed by atoms with Gasteiger partial charge in [0.25, 0.3) is 0 Å². The summed E-state index contributed by atoms with van der Waals surface area (Å²) >= 11 is 0. The highest BCUT2D eigenvalue weighted by molar-refractivity contribution is 5.95. The van der Waals surface area contributed by atoms with E-state index in [1.54, 1.807) is 18.1 Å². The van der Waals surface area contributed by atoms with Crippen molar-refractivity contribution >= 4 is 17.3 Å². The first-order valence-corrected chi connectivity index (χ1v) is 9.29. The highest BCUT2D eigenvalue weighted by atomic mass is 16.5. The molecule has 5 heteroatoms. The van der Waals surface area contributed by atoms with Gasteiger partial charge in [-0.25, -0.2) is 0 Å². The van der Waals surface area contributed by atoms with Crippen LogP contribution in [0.15, 0.2) is 67.3 Å². The van der Waals surface area contributed by atoms with Gasteiger partial charge in [0, 0.05) is 44.1 Å². The van der Waals surface area contributed by atoms with Gasteiger partial charge in [-0.05, 0) is 36.4 Å². The lowest BCUT2D eigenvalue weighted by atomic mass is 10.2. The minimum absolute atomic E-state index is 0.110. The third kappa shape index (κ3) is 4.89. The Balaban J connectivity index is 1.55. The first-order chi connectivity index (χ1) is 13.2. The van der Waals surface area contributed by atoms with E-state index in [0.29, 0.717) is 13.1 Å². The molecule has 1 aliphatic heterocycles. The molecule has 0 N–H and O–H groups in total. The Morgan fingerprint density at radius 2 is 1.74 bits per heavy atom. The Labute approximate surface area is 161 Å². The maximum Gasteiger partial charge on any atom is 0.241 e. The van der Waals surface area contributed by atoms with Crippen molar-refractivity contribution in [2.75, 3.05) is 56.2 Å². The van der Waals surface area contributed by atoms with Crippen LogP contribution in [0.1, 0.15) is 0 Å². The zero-order valence-electron chi connectivity index (χ0n) is 15.9. The lowest BCUT2D eigenvalue weighted by Gasteiger charge is -2.36. The fourth-order valence-corrected chi connectivity index (χ4v) is 3.32. The van der Waals surface area contributed by atoms with Gasteiger partial charge in [0.05, 0.1) is 13.7 Å². The number of anilines is 2. The van der Waals surface area contributed by atoms with Gasteiger partial charge in [0.15, 0.2) is 0 Å². The lowest BCUT2D eigenvalue weighted by Crippen LogP contribution is -2.50. The summed E-state index contributed by atoms with van der Waals surface area (Å²) in [5.41, 5.74) is 2.11. The Morgan fingerprint density at radius 3 is 2.33 bits per heavy atom. The van der Waals surface area contributed by atoms with Gasteiger partial charge in [-0.2, -0.15) is 0 Å². The van der Waals surface area contributed by atoms with Gasteiger partial charge in [-0.3, -0.25) is 9.69 Å². The number of piperazine rings is 1. The molecule has 0 aromatic heterocycles. The number of nitrogens with zero attached hydrogens (tertiary/aromatic N) is 3. The van der Waals surface area contributed by atoms with E-state index in [0.717, 1.165) is 37.6 Å². The first kappa shape index (κ1) is 19.0. The number of rotatable bonds is 7. The molecule has 1 saturated heterocycles. The smallest absolute Gasteiger partial charge is 0.241 e. The fraction of sp³-hybridized carbons (Fsp3) is 0.318. The maximum atomic E-state index is 12.8. The second kappa shape index (κ2) is 9.24. The quantitative estimate of drug-likeness (QED) is 0.707. The molecule has 1 amide bonds. The van der Waals surface area contributed by atoms with Crippen LogP contribution < -0.4 is 14.5 Å². The third-order valence-electron chi connectivity index (χ3n) is 4.85. The SMILES string of the molecule is C=CCN(C(=O)CN1CCN(c2ccc(OC)cc2)CC1)c1ccccc1. The molecule has 2 aromatic carbocycles. The van der Waals surface area contributed by atoms with Crippen molar-refractivity contribution in [2.24, 2.45) is 0 Å². The number of benzene rings is 2. The van der Waals surface area contributed by atoms with E-state index >= 15 is 0 Å². The standard InChI is InChI=1S/C22H27N3O2/c1-3-13-25(20-7-5-4-6-8-20)22(26)18-23-14-16-24(17-15-23)19-9-11-21(27-2)12-10-19/h3-12H,1,13-18H2,2H3. The molecule has 142 valence electrons. The first-order valence-electron chi connectivity index (χ1n) is 9.29. The number of ether oxygens (including phenoxy) is 1. The van der Waals surface area contributed by atoms with Crippen LogP contribution in [0.3, 0.4) is 0 Å². The van der Waals surface area contributed by atoms with Crippen LogP contribution in [0.2, 0.25) is 0 Å². The van der Waals surface area contributed by atoms with Crippen LogP contribution in [-0.4, -0.2) is 57.2 Å². The molecular weight excluding hydrogens is 338 g/mol. The zero-order chi connectivity index (χ0) is 19.1. The molecule has 1 heterocycles. The summed E-state index contributed by atoms with van der Waals surface area (Å²) in [6.07, 6.45) is 1.77. The van der Waals surface area contributed by atoms with E-state index in [9.17, 15) is 4.79 Å². The lowest BCUT2D eigenvalue weighted by molar-refractivity contribution is -0.119. The summed E-state index contributed by atoms with van der Waals surface area (Å²) in [6, 6.07) is 17.9. The molecular formula is C22H27N3O2. The Bertz CT molecular complexity index is 738. The largest absolute Gasteiger partial charge is 0.497 e. The summed E-state index contributed by atoms with van der Waals surface area (Å²) in [5.74, 6) is 0.977. The van der Waals surface area contributed by atoms with E-state index in [2.05, 4.69) is 28.5 Å². The molecule has 1 fully saturated rings. The number of carbonyl (C=O) groups excluding carboxylic acids is 1. The highest BCUT2D eigenvalue weighted by Crippen LogP contribution is 2.21. The van der Waals surface area contributed by atoms with E-state index in [1.165, 1.54) is 5.69 Å². The highest BCUT2D eigenvalue weighted by Gasteiger charge is 2.22. The van der Waals surface area contributed by atoms with Crippen molar-refractivity contribution in [3.8, 4) is 5.75 Å². The molecule has 27 heavy (non-hydrogen) atoms. The molecule has 0 radical (unpaired) electrons. The van der Waals surface area contributed by atoms with Gasteiger partial charge in [-0.15, -0.1) is 6.58 Å². The van der Waals surface area contributed by atoms with Crippen LogP contribution >= 0.6 is 0 Å². The topological polar surface area (TPSA) is 36.0 Å².